The van der Waals surface area contributed by atoms with Crippen molar-refractivity contribution in [2.75, 3.05) is 19.8 Å². The lowest BCUT2D eigenvalue weighted by molar-refractivity contribution is -0.161. The van der Waals surface area contributed by atoms with E-state index in [9.17, 15) is 19.0 Å². The van der Waals surface area contributed by atoms with Gasteiger partial charge in [0.1, 0.15) is 6.61 Å². The first-order valence-corrected chi connectivity index (χ1v) is 13.8. The van der Waals surface area contributed by atoms with Gasteiger partial charge in [-0.15, -0.1) is 0 Å². The Morgan fingerprint density at radius 3 is 1.78 bits per heavy atom. The fourth-order valence-electron chi connectivity index (χ4n) is 3.10. The van der Waals surface area contributed by atoms with Gasteiger partial charge in [0.15, 0.2) is 6.10 Å². The Labute approximate surface area is 194 Å². The molecule has 0 heterocycles. The minimum Gasteiger partial charge on any atom is -0.462 e. The summed E-state index contributed by atoms with van der Waals surface area (Å²) in [6.07, 6.45) is 12.3. The molecule has 0 aliphatic rings. The molecule has 190 valence electrons. The van der Waals surface area contributed by atoms with E-state index in [-0.39, 0.29) is 38.6 Å². The third kappa shape index (κ3) is 19.7. The molecule has 0 radical (unpaired) electrons. The molecule has 1 N–H and O–H groups in total. The van der Waals surface area contributed by atoms with Crippen molar-refractivity contribution in [1.82, 2.24) is 0 Å². The minimum absolute atomic E-state index is 0.00340. The average molecular weight is 481 g/mol. The van der Waals surface area contributed by atoms with E-state index < -0.39 is 19.9 Å². The number of unbranched alkanes of at least 4 members (excludes halogenated alkanes) is 10. The van der Waals surface area contributed by atoms with Crippen molar-refractivity contribution in [3.8, 4) is 0 Å². The molecule has 0 saturated carbocycles. The van der Waals surface area contributed by atoms with Gasteiger partial charge in [0.2, 0.25) is 0 Å². The third-order valence-corrected chi connectivity index (χ3v) is 5.97. The van der Waals surface area contributed by atoms with E-state index in [4.69, 9.17) is 14.0 Å². The second kappa shape index (κ2) is 20.6. The van der Waals surface area contributed by atoms with Crippen LogP contribution in [0.3, 0.4) is 0 Å². The second-order valence-corrected chi connectivity index (χ2v) is 9.47. The largest absolute Gasteiger partial charge is 0.472 e. The predicted octanol–water partition coefficient (Wildman–Crippen LogP) is 6.10. The summed E-state index contributed by atoms with van der Waals surface area (Å²) in [5, 5.41) is 0. The molecule has 0 aliphatic heterocycles. The van der Waals surface area contributed by atoms with Gasteiger partial charge in [-0.05, 0) is 19.8 Å². The third-order valence-electron chi connectivity index (χ3n) is 4.91. The molecule has 0 bridgehead atoms. The molecule has 0 rings (SSSR count). The van der Waals surface area contributed by atoms with E-state index in [0.29, 0.717) is 0 Å². The van der Waals surface area contributed by atoms with Crippen LogP contribution in [-0.4, -0.2) is 42.8 Å². The second-order valence-electron chi connectivity index (χ2n) is 8.01. The topological polar surface area (TPSA) is 108 Å². The van der Waals surface area contributed by atoms with Crippen molar-refractivity contribution in [1.29, 1.82) is 0 Å². The SMILES string of the molecule is CCCCCCCCCCC(=O)O[C@H](COC(=O)CCCCCC)COP(=O)(O)OCC. The number of rotatable bonds is 22. The molecular formula is C23H45O8P. The quantitative estimate of drug-likeness (QED) is 0.113. The van der Waals surface area contributed by atoms with Gasteiger partial charge in [-0.3, -0.25) is 18.6 Å². The van der Waals surface area contributed by atoms with Crippen LogP contribution in [0.15, 0.2) is 0 Å². The maximum absolute atomic E-state index is 12.2. The highest BCUT2D eigenvalue weighted by molar-refractivity contribution is 7.47. The van der Waals surface area contributed by atoms with Crippen LogP contribution in [0.25, 0.3) is 0 Å². The highest BCUT2D eigenvalue weighted by atomic mass is 31.2. The van der Waals surface area contributed by atoms with Gasteiger partial charge in [0.25, 0.3) is 0 Å². The summed E-state index contributed by atoms with van der Waals surface area (Å²) in [4.78, 5) is 33.7. The first-order chi connectivity index (χ1) is 15.3. The molecule has 9 heteroatoms. The van der Waals surface area contributed by atoms with Crippen LogP contribution in [0.2, 0.25) is 0 Å². The Balaban J connectivity index is 4.36. The molecular weight excluding hydrogens is 435 g/mol. The van der Waals surface area contributed by atoms with Gasteiger partial charge < -0.3 is 14.4 Å². The fourth-order valence-corrected chi connectivity index (χ4v) is 3.85. The zero-order chi connectivity index (χ0) is 24.1. The zero-order valence-corrected chi connectivity index (χ0v) is 21.2. The summed E-state index contributed by atoms with van der Waals surface area (Å²) in [7, 11) is -4.24. The molecule has 0 aromatic carbocycles. The van der Waals surface area contributed by atoms with Crippen LogP contribution < -0.4 is 0 Å². The zero-order valence-electron chi connectivity index (χ0n) is 20.4. The number of carbonyl (C=O) groups is 2. The van der Waals surface area contributed by atoms with Gasteiger partial charge in [-0.25, -0.2) is 4.57 Å². The molecule has 0 aliphatic carbocycles. The molecule has 2 atom stereocenters. The molecule has 0 fully saturated rings. The smallest absolute Gasteiger partial charge is 0.462 e. The lowest BCUT2D eigenvalue weighted by Gasteiger charge is -2.19. The van der Waals surface area contributed by atoms with Crippen LogP contribution in [0.4, 0.5) is 0 Å². The summed E-state index contributed by atoms with van der Waals surface area (Å²) >= 11 is 0. The summed E-state index contributed by atoms with van der Waals surface area (Å²) in [6, 6.07) is 0. The van der Waals surface area contributed by atoms with Crippen LogP contribution in [0.1, 0.15) is 111 Å². The maximum atomic E-state index is 12.2. The molecule has 0 aromatic rings. The van der Waals surface area contributed by atoms with E-state index in [2.05, 4.69) is 18.4 Å². The highest BCUT2D eigenvalue weighted by Crippen LogP contribution is 2.43. The molecule has 8 nitrogen and oxygen atoms in total. The average Bonchev–Trinajstić information content (AvgIpc) is 2.75. The monoisotopic (exact) mass is 480 g/mol. The molecule has 32 heavy (non-hydrogen) atoms. The summed E-state index contributed by atoms with van der Waals surface area (Å²) in [5.74, 6) is -0.824. The number of hydrogen-bond donors (Lipinski definition) is 1. The molecule has 0 amide bonds. The number of esters is 2. The van der Waals surface area contributed by atoms with E-state index in [1.165, 1.54) is 32.1 Å². The lowest BCUT2D eigenvalue weighted by Crippen LogP contribution is -2.29. The van der Waals surface area contributed by atoms with Gasteiger partial charge in [0.05, 0.1) is 13.2 Å². The van der Waals surface area contributed by atoms with E-state index in [1.54, 1.807) is 6.92 Å². The Morgan fingerprint density at radius 2 is 1.22 bits per heavy atom. The van der Waals surface area contributed by atoms with Crippen LogP contribution >= 0.6 is 7.82 Å². The van der Waals surface area contributed by atoms with Crippen LogP contribution in [0.5, 0.6) is 0 Å². The Morgan fingerprint density at radius 1 is 0.719 bits per heavy atom. The lowest BCUT2D eigenvalue weighted by atomic mass is 10.1. The summed E-state index contributed by atoms with van der Waals surface area (Å²) in [5.41, 5.74) is 0. The normalized spacial score (nSPS) is 14.0. The van der Waals surface area contributed by atoms with E-state index in [1.807, 2.05) is 0 Å². The Kier molecular flexibility index (Phi) is 20.0. The summed E-state index contributed by atoms with van der Waals surface area (Å²) in [6.45, 7) is 5.24. The van der Waals surface area contributed by atoms with Crippen molar-refractivity contribution in [2.24, 2.45) is 0 Å². The Bertz CT molecular complexity index is 526. The number of carbonyl (C=O) groups excluding carboxylic acids is 2. The van der Waals surface area contributed by atoms with Crippen molar-refractivity contribution in [2.45, 2.75) is 117 Å². The number of phosphoric acid groups is 1. The van der Waals surface area contributed by atoms with Crippen molar-refractivity contribution < 1.29 is 37.6 Å². The van der Waals surface area contributed by atoms with Crippen molar-refractivity contribution in [3.05, 3.63) is 0 Å². The van der Waals surface area contributed by atoms with Gasteiger partial charge in [-0.1, -0.05) is 78.1 Å². The first-order valence-electron chi connectivity index (χ1n) is 12.3. The summed E-state index contributed by atoms with van der Waals surface area (Å²) < 4.78 is 31.8. The number of phosphoric ester groups is 1. The number of hydrogen-bond acceptors (Lipinski definition) is 7. The van der Waals surface area contributed by atoms with E-state index in [0.717, 1.165) is 44.9 Å². The molecule has 0 spiro atoms. The molecule has 0 aromatic heterocycles. The van der Waals surface area contributed by atoms with Crippen molar-refractivity contribution in [3.63, 3.8) is 0 Å². The van der Waals surface area contributed by atoms with Crippen molar-refractivity contribution >= 4 is 19.8 Å². The maximum Gasteiger partial charge on any atom is 0.472 e. The van der Waals surface area contributed by atoms with Crippen LogP contribution in [-0.2, 0) is 32.7 Å². The number of ether oxygens (including phenoxy) is 2. The first kappa shape index (κ1) is 31.0. The van der Waals surface area contributed by atoms with E-state index >= 15 is 0 Å². The predicted molar refractivity (Wildman–Crippen MR) is 124 cm³/mol. The van der Waals surface area contributed by atoms with Gasteiger partial charge >= 0.3 is 19.8 Å². The Hall–Kier alpha value is -0.950. The standard InChI is InChI=1S/C23H45O8P/c1-4-7-9-11-12-13-14-16-18-23(25)31-21(20-30-32(26,27)29-6-3)19-28-22(24)17-15-10-8-5-2/h21H,4-20H2,1-3H3,(H,26,27)/t21-/m1/s1. The van der Waals surface area contributed by atoms with Crippen LogP contribution in [0, 0.1) is 0 Å². The highest BCUT2D eigenvalue weighted by Gasteiger charge is 2.25. The fraction of sp³-hybridized carbons (Fsp3) is 0.913. The molecule has 1 unspecified atom stereocenters. The minimum atomic E-state index is -4.24. The van der Waals surface area contributed by atoms with Gasteiger partial charge in [0, 0.05) is 12.8 Å². The molecule has 0 saturated heterocycles. The van der Waals surface area contributed by atoms with Gasteiger partial charge in [-0.2, -0.15) is 0 Å².